The van der Waals surface area contributed by atoms with Crippen molar-refractivity contribution in [3.05, 3.63) is 12.2 Å². The molecule has 3 unspecified atom stereocenters. The zero-order valence-electron chi connectivity index (χ0n) is 20.5. The zero-order valence-corrected chi connectivity index (χ0v) is 23.5. The lowest BCUT2D eigenvalue weighted by atomic mass is 9.84. The summed E-state index contributed by atoms with van der Waals surface area (Å²) in [7, 11) is -5.65. The highest BCUT2D eigenvalue weighted by Gasteiger charge is 2.41. The van der Waals surface area contributed by atoms with E-state index in [1.54, 1.807) is 0 Å². The van der Waals surface area contributed by atoms with Crippen molar-refractivity contribution in [1.82, 2.24) is 5.32 Å². The third-order valence-electron chi connectivity index (χ3n) is 4.89. The van der Waals surface area contributed by atoms with Gasteiger partial charge in [-0.3, -0.25) is 4.79 Å². The lowest BCUT2D eigenvalue weighted by Gasteiger charge is -2.40. The molecule has 0 radical (unpaired) electrons. The molecule has 176 valence electrons. The first-order chi connectivity index (χ1) is 13.6. The third-order valence-corrected chi connectivity index (χ3v) is 14.4. The second-order valence-corrected chi connectivity index (χ2v) is 23.8. The van der Waals surface area contributed by atoms with E-state index in [-0.39, 0.29) is 12.5 Å². The number of carbonyl (C=O) groups is 1. The number of hydrogen-bond acceptors (Lipinski definition) is 6. The van der Waals surface area contributed by atoms with Crippen LogP contribution in [0.4, 0.5) is 0 Å². The molecule has 0 aliphatic heterocycles. The maximum atomic E-state index is 12.0. The Morgan fingerprint density at radius 3 is 2.07 bits per heavy atom. The van der Waals surface area contributed by atoms with Crippen LogP contribution in [0.2, 0.25) is 51.9 Å². The molecule has 1 aliphatic rings. The van der Waals surface area contributed by atoms with E-state index >= 15 is 0 Å². The van der Waals surface area contributed by atoms with E-state index in [0.29, 0.717) is 25.3 Å². The number of esters is 1. The maximum absolute atomic E-state index is 12.0. The van der Waals surface area contributed by atoms with Crippen LogP contribution in [0.3, 0.4) is 0 Å². The minimum Gasteiger partial charge on any atom is -0.459 e. The molecule has 1 aliphatic carbocycles. The summed E-state index contributed by atoms with van der Waals surface area (Å²) >= 11 is 0. The first kappa shape index (κ1) is 27.7. The smallest absolute Gasteiger partial charge is 0.320 e. The van der Waals surface area contributed by atoms with Gasteiger partial charge in [-0.2, -0.15) is 0 Å². The van der Waals surface area contributed by atoms with Crippen molar-refractivity contribution in [2.45, 2.75) is 96.7 Å². The van der Waals surface area contributed by atoms with Crippen molar-refractivity contribution >= 4 is 31.2 Å². The SMILES string of the molecule is C=C(C)CNCC(=O)OC1CCC(CC[Si](C)(O[Si](C)(C)C)O[Si](C)(C)C)CC1O. The lowest BCUT2D eigenvalue weighted by Crippen LogP contribution is -2.52. The minimum atomic E-state index is -2.25. The van der Waals surface area contributed by atoms with Crippen molar-refractivity contribution in [3.8, 4) is 0 Å². The van der Waals surface area contributed by atoms with E-state index in [4.69, 9.17) is 13.0 Å². The Kier molecular flexibility index (Phi) is 10.7. The van der Waals surface area contributed by atoms with Crippen molar-refractivity contribution in [2.75, 3.05) is 13.1 Å². The van der Waals surface area contributed by atoms with Crippen LogP contribution in [-0.2, 0) is 17.8 Å². The van der Waals surface area contributed by atoms with Gasteiger partial charge in [-0.25, -0.2) is 0 Å². The Morgan fingerprint density at radius 2 is 1.60 bits per heavy atom. The highest BCUT2D eigenvalue weighted by atomic mass is 28.5. The molecule has 0 saturated heterocycles. The quantitative estimate of drug-likeness (QED) is 0.248. The van der Waals surface area contributed by atoms with Crippen LogP contribution >= 0.6 is 0 Å². The highest BCUT2D eigenvalue weighted by Crippen LogP contribution is 2.34. The number of rotatable bonds is 12. The summed E-state index contributed by atoms with van der Waals surface area (Å²) in [6.07, 6.45) is 2.33. The van der Waals surface area contributed by atoms with Gasteiger partial charge in [-0.1, -0.05) is 12.2 Å². The van der Waals surface area contributed by atoms with Gasteiger partial charge >= 0.3 is 14.5 Å². The van der Waals surface area contributed by atoms with E-state index in [2.05, 4.69) is 57.7 Å². The van der Waals surface area contributed by atoms with Gasteiger partial charge in [0, 0.05) is 6.54 Å². The zero-order chi connectivity index (χ0) is 23.2. The lowest BCUT2D eigenvalue weighted by molar-refractivity contribution is -0.157. The van der Waals surface area contributed by atoms with E-state index in [0.717, 1.165) is 24.5 Å². The molecule has 1 saturated carbocycles. The number of aliphatic hydroxyl groups is 1. The molecule has 6 nitrogen and oxygen atoms in total. The number of nitrogens with one attached hydrogen (secondary N) is 1. The monoisotopic (exact) mass is 475 g/mol. The molecule has 0 spiro atoms. The Balaban J connectivity index is 2.54. The van der Waals surface area contributed by atoms with Gasteiger partial charge in [0.2, 0.25) is 0 Å². The average Bonchev–Trinajstić information content (AvgIpc) is 2.51. The van der Waals surface area contributed by atoms with E-state index < -0.39 is 37.4 Å². The first-order valence-corrected chi connectivity index (χ1v) is 20.6. The average molecular weight is 476 g/mol. The fraction of sp³-hybridized carbons (Fsp3) is 0.857. The standard InChI is InChI=1S/C21H45NO5Si3/c1-17(2)15-22-16-21(24)25-20-11-10-18(14-19(20)23)12-13-30(9,26-28(3,4)5)27-29(6,7)8/h18-20,22-23H,1,10-16H2,2-9H3. The Bertz CT molecular complexity index is 558. The molecule has 3 atom stereocenters. The van der Waals surface area contributed by atoms with E-state index in [1.807, 2.05) is 6.92 Å². The molecular formula is C21H45NO5Si3. The van der Waals surface area contributed by atoms with Crippen molar-refractivity contribution in [1.29, 1.82) is 0 Å². The largest absolute Gasteiger partial charge is 0.459 e. The minimum absolute atomic E-state index is 0.144. The summed E-state index contributed by atoms with van der Waals surface area (Å²) in [5, 5.41) is 13.6. The molecule has 0 aromatic carbocycles. The summed E-state index contributed by atoms with van der Waals surface area (Å²) in [5.74, 6) is 0.101. The molecule has 0 heterocycles. The van der Waals surface area contributed by atoms with Gasteiger partial charge in [-0.05, 0) is 90.4 Å². The van der Waals surface area contributed by atoms with Gasteiger partial charge in [0.15, 0.2) is 16.6 Å². The summed E-state index contributed by atoms with van der Waals surface area (Å²) in [6.45, 7) is 22.0. The maximum Gasteiger partial charge on any atom is 0.320 e. The highest BCUT2D eigenvalue weighted by molar-refractivity contribution is 6.87. The summed E-state index contributed by atoms with van der Waals surface area (Å²) in [6, 6.07) is 0.953. The Labute approximate surface area is 187 Å². The van der Waals surface area contributed by atoms with Crippen LogP contribution in [0.25, 0.3) is 0 Å². The molecule has 1 fully saturated rings. The van der Waals surface area contributed by atoms with Crippen LogP contribution in [0, 0.1) is 5.92 Å². The van der Waals surface area contributed by atoms with Crippen molar-refractivity contribution in [2.24, 2.45) is 5.92 Å². The second-order valence-electron chi connectivity index (χ2n) is 10.9. The molecule has 30 heavy (non-hydrogen) atoms. The number of carbonyl (C=O) groups excluding carboxylic acids is 1. The van der Waals surface area contributed by atoms with Crippen molar-refractivity contribution < 1.29 is 22.9 Å². The molecule has 1 rings (SSSR count). The van der Waals surface area contributed by atoms with Crippen LogP contribution in [0.15, 0.2) is 12.2 Å². The van der Waals surface area contributed by atoms with Gasteiger partial charge in [0.25, 0.3) is 0 Å². The molecule has 2 N–H and O–H groups in total. The Hall–Kier alpha value is -0.299. The van der Waals surface area contributed by atoms with Gasteiger partial charge in [-0.15, -0.1) is 0 Å². The van der Waals surface area contributed by atoms with Crippen LogP contribution in [-0.4, -0.2) is 61.6 Å². The van der Waals surface area contributed by atoms with Gasteiger partial charge in [0.05, 0.1) is 12.6 Å². The topological polar surface area (TPSA) is 77.0 Å². The molecule has 0 bridgehead atoms. The molecule has 0 aromatic rings. The van der Waals surface area contributed by atoms with Crippen LogP contribution < -0.4 is 5.32 Å². The molecule has 0 amide bonds. The molecular weight excluding hydrogens is 430 g/mol. The summed E-state index contributed by atoms with van der Waals surface area (Å²) in [4.78, 5) is 12.0. The van der Waals surface area contributed by atoms with Crippen LogP contribution in [0.5, 0.6) is 0 Å². The fourth-order valence-electron chi connectivity index (χ4n) is 4.08. The summed E-state index contributed by atoms with van der Waals surface area (Å²) in [5.41, 5.74) is 0.968. The number of hydrogen-bond donors (Lipinski definition) is 2. The predicted octanol–water partition coefficient (Wildman–Crippen LogP) is 4.39. The van der Waals surface area contributed by atoms with E-state index in [1.165, 1.54) is 0 Å². The predicted molar refractivity (Wildman–Crippen MR) is 131 cm³/mol. The van der Waals surface area contributed by atoms with Crippen molar-refractivity contribution in [3.63, 3.8) is 0 Å². The normalized spacial score (nSPS) is 23.3. The van der Waals surface area contributed by atoms with Gasteiger partial charge in [0.1, 0.15) is 6.10 Å². The van der Waals surface area contributed by atoms with Crippen LogP contribution in [0.1, 0.15) is 32.6 Å². The molecule has 0 aromatic heterocycles. The molecule has 9 heteroatoms. The number of ether oxygens (including phenoxy) is 1. The summed E-state index contributed by atoms with van der Waals surface area (Å²) < 4.78 is 18.7. The number of aliphatic hydroxyl groups excluding tert-OH is 1. The third kappa shape index (κ3) is 11.9. The fourth-order valence-corrected chi connectivity index (χ4v) is 16.7. The van der Waals surface area contributed by atoms with E-state index in [9.17, 15) is 9.90 Å². The second kappa shape index (κ2) is 11.5. The first-order valence-electron chi connectivity index (χ1n) is 11.2. The van der Waals surface area contributed by atoms with Gasteiger partial charge < -0.3 is 23.4 Å². The Morgan fingerprint density at radius 1 is 1.03 bits per heavy atom.